The zero-order chi connectivity index (χ0) is 15.7. The van der Waals surface area contributed by atoms with E-state index in [1.165, 1.54) is 12.1 Å². The maximum Gasteiger partial charge on any atom is 0.124 e. The van der Waals surface area contributed by atoms with Crippen molar-refractivity contribution in [2.45, 2.75) is 58.1 Å². The van der Waals surface area contributed by atoms with Crippen LogP contribution in [0.1, 0.15) is 58.1 Å². The average Bonchev–Trinajstić information content (AvgIpc) is 2.40. The molecule has 0 spiro atoms. The van der Waals surface area contributed by atoms with Crippen LogP contribution < -0.4 is 5.32 Å². The lowest BCUT2D eigenvalue weighted by Crippen LogP contribution is -2.45. The maximum absolute atomic E-state index is 13.1. The molecule has 1 aromatic carbocycles. The molecule has 1 atom stereocenters. The number of rotatable bonds is 4. The van der Waals surface area contributed by atoms with Gasteiger partial charge in [0.2, 0.25) is 0 Å². The Hall–Kier alpha value is -0.450. The van der Waals surface area contributed by atoms with Gasteiger partial charge in [-0.05, 0) is 55.7 Å². The van der Waals surface area contributed by atoms with E-state index in [9.17, 15) is 9.50 Å². The van der Waals surface area contributed by atoms with E-state index >= 15 is 0 Å². The normalized spacial score (nSPS) is 22.0. The lowest BCUT2D eigenvalue weighted by atomic mass is 9.71. The molecule has 0 aromatic heterocycles. The van der Waals surface area contributed by atoms with Gasteiger partial charge in [0, 0.05) is 17.1 Å². The third-order valence-electron chi connectivity index (χ3n) is 4.70. The Balaban J connectivity index is 1.93. The van der Waals surface area contributed by atoms with E-state index in [0.717, 1.165) is 35.7 Å². The quantitative estimate of drug-likeness (QED) is 0.826. The highest BCUT2D eigenvalue weighted by molar-refractivity contribution is 9.10. The highest BCUT2D eigenvalue weighted by atomic mass is 79.9. The van der Waals surface area contributed by atoms with Crippen LogP contribution in [0.15, 0.2) is 22.7 Å². The minimum Gasteiger partial charge on any atom is -0.389 e. The first-order chi connectivity index (χ1) is 9.71. The predicted octanol–water partition coefficient (Wildman–Crippen LogP) is 4.57. The second kappa shape index (κ2) is 6.35. The SMILES string of the molecule is CC(NCC1(O)CCC(C)(C)CC1)c1ccc(F)cc1Br. The number of nitrogens with one attached hydrogen (secondary N) is 1. The van der Waals surface area contributed by atoms with Crippen molar-refractivity contribution < 1.29 is 9.50 Å². The van der Waals surface area contributed by atoms with E-state index in [0.29, 0.717) is 12.0 Å². The van der Waals surface area contributed by atoms with Crippen molar-refractivity contribution in [3.63, 3.8) is 0 Å². The molecule has 2 rings (SSSR count). The van der Waals surface area contributed by atoms with Crippen LogP contribution in [0.2, 0.25) is 0 Å². The Morgan fingerprint density at radius 1 is 1.29 bits per heavy atom. The van der Waals surface area contributed by atoms with Crippen LogP contribution in [0.5, 0.6) is 0 Å². The Morgan fingerprint density at radius 3 is 2.48 bits per heavy atom. The van der Waals surface area contributed by atoms with Crippen molar-refractivity contribution in [3.8, 4) is 0 Å². The fraction of sp³-hybridized carbons (Fsp3) is 0.647. The van der Waals surface area contributed by atoms with Gasteiger partial charge in [-0.3, -0.25) is 0 Å². The molecular weight excluding hydrogens is 333 g/mol. The molecule has 1 aromatic rings. The van der Waals surface area contributed by atoms with Crippen LogP contribution in [0.25, 0.3) is 0 Å². The van der Waals surface area contributed by atoms with E-state index < -0.39 is 5.60 Å². The third kappa shape index (κ3) is 4.51. The van der Waals surface area contributed by atoms with Gasteiger partial charge in [-0.25, -0.2) is 4.39 Å². The van der Waals surface area contributed by atoms with E-state index in [2.05, 4.69) is 35.1 Å². The topological polar surface area (TPSA) is 32.3 Å². The number of aliphatic hydroxyl groups is 1. The molecule has 1 aliphatic rings. The summed E-state index contributed by atoms with van der Waals surface area (Å²) in [6.07, 6.45) is 3.79. The fourth-order valence-electron chi connectivity index (χ4n) is 2.87. The van der Waals surface area contributed by atoms with Crippen LogP contribution in [0.4, 0.5) is 4.39 Å². The summed E-state index contributed by atoms with van der Waals surface area (Å²) in [4.78, 5) is 0. The zero-order valence-electron chi connectivity index (χ0n) is 13.0. The molecule has 1 aliphatic carbocycles. The molecule has 1 saturated carbocycles. The van der Waals surface area contributed by atoms with Gasteiger partial charge in [0.1, 0.15) is 5.82 Å². The summed E-state index contributed by atoms with van der Waals surface area (Å²) in [6, 6.07) is 4.80. The molecule has 0 radical (unpaired) electrons. The number of hydrogen-bond donors (Lipinski definition) is 2. The molecule has 4 heteroatoms. The van der Waals surface area contributed by atoms with Gasteiger partial charge in [-0.1, -0.05) is 35.8 Å². The first kappa shape index (κ1) is 16.9. The minimum atomic E-state index is -0.615. The molecule has 21 heavy (non-hydrogen) atoms. The number of hydrogen-bond acceptors (Lipinski definition) is 2. The zero-order valence-corrected chi connectivity index (χ0v) is 14.6. The molecule has 0 bridgehead atoms. The van der Waals surface area contributed by atoms with Crippen LogP contribution >= 0.6 is 15.9 Å². The Bertz CT molecular complexity index is 494. The minimum absolute atomic E-state index is 0.0685. The molecule has 118 valence electrons. The van der Waals surface area contributed by atoms with Crippen molar-refractivity contribution in [3.05, 3.63) is 34.1 Å². The van der Waals surface area contributed by atoms with Crippen molar-refractivity contribution in [1.29, 1.82) is 0 Å². The van der Waals surface area contributed by atoms with Crippen molar-refractivity contribution >= 4 is 15.9 Å². The molecule has 0 amide bonds. The van der Waals surface area contributed by atoms with Crippen molar-refractivity contribution in [2.24, 2.45) is 5.41 Å². The highest BCUT2D eigenvalue weighted by Gasteiger charge is 2.36. The van der Waals surface area contributed by atoms with E-state index in [4.69, 9.17) is 0 Å². The molecular formula is C17H25BrFNO. The van der Waals surface area contributed by atoms with Gasteiger partial charge in [0.25, 0.3) is 0 Å². The van der Waals surface area contributed by atoms with Crippen LogP contribution in [0.3, 0.4) is 0 Å². The van der Waals surface area contributed by atoms with Crippen LogP contribution in [-0.2, 0) is 0 Å². The highest BCUT2D eigenvalue weighted by Crippen LogP contribution is 2.40. The molecule has 1 fully saturated rings. The van der Waals surface area contributed by atoms with E-state index in [-0.39, 0.29) is 11.9 Å². The number of benzene rings is 1. The predicted molar refractivity (Wildman–Crippen MR) is 87.7 cm³/mol. The largest absolute Gasteiger partial charge is 0.389 e. The van der Waals surface area contributed by atoms with Gasteiger partial charge in [0.15, 0.2) is 0 Å². The molecule has 1 unspecified atom stereocenters. The van der Waals surface area contributed by atoms with Gasteiger partial charge in [-0.15, -0.1) is 0 Å². The summed E-state index contributed by atoms with van der Waals surface area (Å²) in [7, 11) is 0. The van der Waals surface area contributed by atoms with Crippen LogP contribution in [-0.4, -0.2) is 17.3 Å². The van der Waals surface area contributed by atoms with Gasteiger partial charge < -0.3 is 10.4 Å². The second-order valence-corrected chi connectivity index (χ2v) is 8.01. The molecule has 2 nitrogen and oxygen atoms in total. The van der Waals surface area contributed by atoms with Gasteiger partial charge >= 0.3 is 0 Å². The lowest BCUT2D eigenvalue weighted by Gasteiger charge is -2.40. The summed E-state index contributed by atoms with van der Waals surface area (Å²) < 4.78 is 13.9. The summed E-state index contributed by atoms with van der Waals surface area (Å²) >= 11 is 3.40. The van der Waals surface area contributed by atoms with Crippen molar-refractivity contribution in [2.75, 3.05) is 6.54 Å². The monoisotopic (exact) mass is 357 g/mol. The Kier molecular flexibility index (Phi) is 5.11. The summed E-state index contributed by atoms with van der Waals surface area (Å²) in [5.74, 6) is -0.244. The van der Waals surface area contributed by atoms with Crippen molar-refractivity contribution in [1.82, 2.24) is 5.32 Å². The summed E-state index contributed by atoms with van der Waals surface area (Å²) in [6.45, 7) is 7.14. The standard InChI is InChI=1S/C17H25BrFNO/c1-12(14-5-4-13(19)10-15(14)18)20-11-17(21)8-6-16(2,3)7-9-17/h4-5,10,12,20-21H,6-9,11H2,1-3H3. The van der Waals surface area contributed by atoms with Gasteiger partial charge in [0.05, 0.1) is 5.60 Å². The Labute approximate surface area is 135 Å². The smallest absolute Gasteiger partial charge is 0.124 e. The molecule has 0 heterocycles. The lowest BCUT2D eigenvalue weighted by molar-refractivity contribution is -0.0258. The average molecular weight is 358 g/mol. The molecule has 0 saturated heterocycles. The Morgan fingerprint density at radius 2 is 1.90 bits per heavy atom. The van der Waals surface area contributed by atoms with E-state index in [1.54, 1.807) is 6.07 Å². The fourth-order valence-corrected chi connectivity index (χ4v) is 3.57. The molecule has 2 N–H and O–H groups in total. The van der Waals surface area contributed by atoms with Gasteiger partial charge in [-0.2, -0.15) is 0 Å². The second-order valence-electron chi connectivity index (χ2n) is 7.16. The summed E-state index contributed by atoms with van der Waals surface area (Å²) in [5, 5.41) is 14.1. The number of halogens is 2. The first-order valence-electron chi connectivity index (χ1n) is 7.62. The van der Waals surface area contributed by atoms with E-state index in [1.807, 2.05) is 6.92 Å². The molecule has 0 aliphatic heterocycles. The first-order valence-corrected chi connectivity index (χ1v) is 8.41. The maximum atomic E-state index is 13.1. The van der Waals surface area contributed by atoms with Crippen LogP contribution in [0, 0.1) is 11.2 Å². The third-order valence-corrected chi connectivity index (χ3v) is 5.39. The summed E-state index contributed by atoms with van der Waals surface area (Å²) in [5.41, 5.74) is 0.741.